The van der Waals surface area contributed by atoms with Crippen LogP contribution in [0.4, 0.5) is 14.5 Å². The topological polar surface area (TPSA) is 23.6 Å². The summed E-state index contributed by atoms with van der Waals surface area (Å²) in [6.45, 7) is 7.38. The van der Waals surface area contributed by atoms with E-state index in [-0.39, 0.29) is 11.9 Å². The van der Waals surface area contributed by atoms with Crippen molar-refractivity contribution in [3.05, 3.63) is 64.7 Å². The van der Waals surface area contributed by atoms with Crippen LogP contribution >= 0.6 is 0 Å². The van der Waals surface area contributed by atoms with E-state index in [9.17, 15) is 13.6 Å². The van der Waals surface area contributed by atoms with E-state index in [4.69, 9.17) is 0 Å². The molecule has 3 rings (SSSR count). The average molecular weight is 344 g/mol. The molecule has 0 aliphatic carbocycles. The van der Waals surface area contributed by atoms with Gasteiger partial charge in [-0.05, 0) is 50.1 Å². The molecule has 3 nitrogen and oxygen atoms in total. The molecule has 25 heavy (non-hydrogen) atoms. The monoisotopic (exact) mass is 344 g/mol. The van der Waals surface area contributed by atoms with Gasteiger partial charge in [-0.3, -0.25) is 9.69 Å². The summed E-state index contributed by atoms with van der Waals surface area (Å²) in [6.07, 6.45) is 0. The maximum absolute atomic E-state index is 13.9. The molecular formula is C20H22F2N2O. The molecule has 0 radical (unpaired) electrons. The highest BCUT2D eigenvalue weighted by molar-refractivity contribution is 5.97. The average Bonchev–Trinajstić information content (AvgIpc) is 2.57. The molecule has 1 saturated heterocycles. The molecule has 1 aliphatic heterocycles. The van der Waals surface area contributed by atoms with Crippen LogP contribution in [0.3, 0.4) is 0 Å². The highest BCUT2D eigenvalue weighted by Gasteiger charge is 2.32. The molecule has 1 atom stereocenters. The Morgan fingerprint density at radius 2 is 1.80 bits per heavy atom. The molecule has 0 aromatic heterocycles. The number of benzene rings is 2. The van der Waals surface area contributed by atoms with Crippen LogP contribution in [0.1, 0.15) is 23.6 Å². The molecule has 1 aliphatic rings. The summed E-state index contributed by atoms with van der Waals surface area (Å²) in [5, 5.41) is 0. The van der Waals surface area contributed by atoms with E-state index in [1.165, 1.54) is 17.7 Å². The zero-order valence-corrected chi connectivity index (χ0v) is 14.7. The SMILES string of the molecule is Cc1ccc(N2CCN(Cc3ccc(F)cc3F)C(C)C2=O)cc1C. The van der Waals surface area contributed by atoms with Crippen LogP contribution < -0.4 is 4.90 Å². The summed E-state index contributed by atoms with van der Waals surface area (Å²) in [4.78, 5) is 16.5. The van der Waals surface area contributed by atoms with E-state index in [0.717, 1.165) is 17.3 Å². The lowest BCUT2D eigenvalue weighted by Gasteiger charge is -2.39. The van der Waals surface area contributed by atoms with Crippen molar-refractivity contribution in [2.24, 2.45) is 0 Å². The van der Waals surface area contributed by atoms with E-state index < -0.39 is 11.6 Å². The Hall–Kier alpha value is -2.27. The molecule has 0 N–H and O–H groups in total. The Balaban J connectivity index is 1.75. The largest absolute Gasteiger partial charge is 0.310 e. The van der Waals surface area contributed by atoms with Crippen LogP contribution in [-0.4, -0.2) is 29.9 Å². The van der Waals surface area contributed by atoms with Gasteiger partial charge in [0.1, 0.15) is 11.6 Å². The number of halogens is 2. The van der Waals surface area contributed by atoms with E-state index >= 15 is 0 Å². The first-order valence-electron chi connectivity index (χ1n) is 8.43. The maximum atomic E-state index is 13.9. The third kappa shape index (κ3) is 3.56. The molecular weight excluding hydrogens is 322 g/mol. The predicted molar refractivity (Wildman–Crippen MR) is 94.5 cm³/mol. The number of anilines is 1. The minimum Gasteiger partial charge on any atom is -0.310 e. The van der Waals surface area contributed by atoms with Crippen LogP contribution in [0.15, 0.2) is 36.4 Å². The van der Waals surface area contributed by atoms with Crippen LogP contribution in [0.2, 0.25) is 0 Å². The Labute approximate surface area is 146 Å². The number of rotatable bonds is 3. The molecule has 0 spiro atoms. The first-order valence-corrected chi connectivity index (χ1v) is 8.43. The van der Waals surface area contributed by atoms with Crippen LogP contribution in [0.5, 0.6) is 0 Å². The third-order valence-electron chi connectivity index (χ3n) is 4.97. The molecule has 1 fully saturated rings. The lowest BCUT2D eigenvalue weighted by Crippen LogP contribution is -2.55. The van der Waals surface area contributed by atoms with Crippen molar-refractivity contribution in [1.82, 2.24) is 4.90 Å². The molecule has 2 aromatic carbocycles. The smallest absolute Gasteiger partial charge is 0.244 e. The number of aryl methyl sites for hydroxylation is 2. The van der Waals surface area contributed by atoms with Gasteiger partial charge in [0.15, 0.2) is 0 Å². The van der Waals surface area contributed by atoms with E-state index in [1.54, 1.807) is 4.90 Å². The lowest BCUT2D eigenvalue weighted by atomic mass is 10.1. The number of carbonyl (C=O) groups is 1. The summed E-state index contributed by atoms with van der Waals surface area (Å²) in [6, 6.07) is 9.21. The van der Waals surface area contributed by atoms with Gasteiger partial charge in [0.05, 0.1) is 6.04 Å². The van der Waals surface area contributed by atoms with Gasteiger partial charge in [0, 0.05) is 37.0 Å². The second-order valence-electron chi connectivity index (χ2n) is 6.64. The number of piperazine rings is 1. The molecule has 0 bridgehead atoms. The standard InChI is InChI=1S/C20H22F2N2O/c1-13-4-7-18(10-14(13)2)24-9-8-23(15(3)20(24)25)12-16-5-6-17(21)11-19(16)22/h4-7,10-11,15H,8-9,12H2,1-3H3. The summed E-state index contributed by atoms with van der Waals surface area (Å²) in [7, 11) is 0. The molecule has 1 unspecified atom stereocenters. The third-order valence-corrected chi connectivity index (χ3v) is 4.97. The zero-order chi connectivity index (χ0) is 18.1. The fraction of sp³-hybridized carbons (Fsp3) is 0.350. The normalized spacial score (nSPS) is 18.7. The van der Waals surface area contributed by atoms with Gasteiger partial charge in [-0.1, -0.05) is 12.1 Å². The van der Waals surface area contributed by atoms with Gasteiger partial charge in [-0.2, -0.15) is 0 Å². The number of hydrogen-bond donors (Lipinski definition) is 0. The second-order valence-corrected chi connectivity index (χ2v) is 6.64. The number of amides is 1. The minimum absolute atomic E-state index is 0.00276. The van der Waals surface area contributed by atoms with Gasteiger partial charge in [0.25, 0.3) is 0 Å². The van der Waals surface area contributed by atoms with Gasteiger partial charge in [-0.25, -0.2) is 8.78 Å². The van der Waals surface area contributed by atoms with E-state index in [0.29, 0.717) is 25.2 Å². The van der Waals surface area contributed by atoms with Crippen LogP contribution in [0, 0.1) is 25.5 Å². The lowest BCUT2D eigenvalue weighted by molar-refractivity contribution is -0.125. The molecule has 132 valence electrons. The molecule has 1 heterocycles. The molecule has 0 saturated carbocycles. The first-order chi connectivity index (χ1) is 11.9. The predicted octanol–water partition coefficient (Wildman–Crippen LogP) is 3.82. The second kappa shape index (κ2) is 6.92. The molecule has 1 amide bonds. The minimum atomic E-state index is -0.593. The Morgan fingerprint density at radius 1 is 1.04 bits per heavy atom. The number of hydrogen-bond acceptors (Lipinski definition) is 2. The Morgan fingerprint density at radius 3 is 2.48 bits per heavy atom. The van der Waals surface area contributed by atoms with Gasteiger partial charge in [-0.15, -0.1) is 0 Å². The van der Waals surface area contributed by atoms with Crippen molar-refractivity contribution >= 4 is 11.6 Å². The number of carbonyl (C=O) groups excluding carboxylic acids is 1. The van der Waals surface area contributed by atoms with Crippen molar-refractivity contribution in [2.75, 3.05) is 18.0 Å². The van der Waals surface area contributed by atoms with Crippen LogP contribution in [0.25, 0.3) is 0 Å². The van der Waals surface area contributed by atoms with Crippen molar-refractivity contribution in [1.29, 1.82) is 0 Å². The number of nitrogens with zero attached hydrogens (tertiary/aromatic N) is 2. The van der Waals surface area contributed by atoms with E-state index in [2.05, 4.69) is 0 Å². The first kappa shape index (κ1) is 17.5. The van der Waals surface area contributed by atoms with Gasteiger partial charge >= 0.3 is 0 Å². The summed E-state index contributed by atoms with van der Waals surface area (Å²) in [5.74, 6) is -1.17. The highest BCUT2D eigenvalue weighted by Crippen LogP contribution is 2.24. The van der Waals surface area contributed by atoms with Crippen molar-refractivity contribution < 1.29 is 13.6 Å². The summed E-state index contributed by atoms with van der Waals surface area (Å²) in [5.41, 5.74) is 3.64. The van der Waals surface area contributed by atoms with Gasteiger partial charge < -0.3 is 4.90 Å². The van der Waals surface area contributed by atoms with Crippen molar-refractivity contribution in [2.45, 2.75) is 33.4 Å². The van der Waals surface area contributed by atoms with Gasteiger partial charge in [0.2, 0.25) is 5.91 Å². The Bertz CT molecular complexity index is 806. The van der Waals surface area contributed by atoms with E-state index in [1.807, 2.05) is 43.9 Å². The fourth-order valence-electron chi connectivity index (χ4n) is 3.15. The molecule has 5 heteroatoms. The Kier molecular flexibility index (Phi) is 4.86. The van der Waals surface area contributed by atoms with Crippen LogP contribution in [-0.2, 0) is 11.3 Å². The quantitative estimate of drug-likeness (QED) is 0.845. The fourth-order valence-corrected chi connectivity index (χ4v) is 3.15. The maximum Gasteiger partial charge on any atom is 0.244 e. The summed E-state index contributed by atoms with van der Waals surface area (Å²) < 4.78 is 26.9. The van der Waals surface area contributed by atoms with Crippen molar-refractivity contribution in [3.8, 4) is 0 Å². The van der Waals surface area contributed by atoms with Crippen molar-refractivity contribution in [3.63, 3.8) is 0 Å². The molecule has 2 aromatic rings. The summed E-state index contributed by atoms with van der Waals surface area (Å²) >= 11 is 0. The highest BCUT2D eigenvalue weighted by atomic mass is 19.1. The zero-order valence-electron chi connectivity index (χ0n) is 14.7.